The zero-order valence-electron chi connectivity index (χ0n) is 10.4. The highest BCUT2D eigenvalue weighted by atomic mass is 16.5. The van der Waals surface area contributed by atoms with Gasteiger partial charge in [0.2, 0.25) is 5.91 Å². The van der Waals surface area contributed by atoms with E-state index in [1.165, 1.54) is 0 Å². The van der Waals surface area contributed by atoms with Gasteiger partial charge in [-0.2, -0.15) is 0 Å². The fraction of sp³-hybridized carbons (Fsp3) is 0.818. The molecule has 0 unspecified atom stereocenters. The van der Waals surface area contributed by atoms with Crippen LogP contribution in [0.5, 0.6) is 0 Å². The second kappa shape index (κ2) is 7.22. The van der Waals surface area contributed by atoms with Crippen molar-refractivity contribution in [1.29, 1.82) is 0 Å². The summed E-state index contributed by atoms with van der Waals surface area (Å²) >= 11 is 0. The van der Waals surface area contributed by atoms with Gasteiger partial charge in [0.15, 0.2) is 0 Å². The van der Waals surface area contributed by atoms with Crippen LogP contribution in [0.3, 0.4) is 0 Å². The van der Waals surface area contributed by atoms with Crippen molar-refractivity contribution in [2.24, 2.45) is 11.7 Å². The molecule has 0 saturated heterocycles. The molecule has 0 saturated carbocycles. The lowest BCUT2D eigenvalue weighted by Crippen LogP contribution is -2.48. The summed E-state index contributed by atoms with van der Waals surface area (Å²) in [5.74, 6) is -0.402. The van der Waals surface area contributed by atoms with E-state index < -0.39 is 18.1 Å². The molecule has 5 heteroatoms. The summed E-state index contributed by atoms with van der Waals surface area (Å²) in [6.07, 6.45) is 0.599. The molecular formula is C11H22N2O3. The van der Waals surface area contributed by atoms with E-state index in [4.69, 9.17) is 10.5 Å². The van der Waals surface area contributed by atoms with Crippen molar-refractivity contribution < 1.29 is 14.3 Å². The summed E-state index contributed by atoms with van der Waals surface area (Å²) in [6, 6.07) is -1.22. The van der Waals surface area contributed by atoms with Gasteiger partial charge in [0.05, 0.1) is 12.6 Å². The van der Waals surface area contributed by atoms with E-state index in [-0.39, 0.29) is 5.91 Å². The molecule has 0 spiro atoms. The lowest BCUT2D eigenvalue weighted by atomic mass is 10.0. The predicted octanol–water partition coefficient (Wildman–Crippen LogP) is 0.428. The van der Waals surface area contributed by atoms with Gasteiger partial charge in [0.25, 0.3) is 0 Å². The van der Waals surface area contributed by atoms with Crippen LogP contribution >= 0.6 is 0 Å². The molecule has 0 rings (SSSR count). The average Bonchev–Trinajstić information content (AvgIpc) is 2.16. The Morgan fingerprint density at radius 1 is 1.31 bits per heavy atom. The minimum absolute atomic E-state index is 0.303. The first-order valence-electron chi connectivity index (χ1n) is 5.61. The van der Waals surface area contributed by atoms with Crippen LogP contribution in [0.1, 0.15) is 34.1 Å². The van der Waals surface area contributed by atoms with Crippen LogP contribution < -0.4 is 11.1 Å². The molecule has 5 nitrogen and oxygen atoms in total. The molecule has 94 valence electrons. The SMILES string of the molecule is CCOC(=O)[C@H](C)NC(=O)[C@@H](N)CC(C)C. The summed E-state index contributed by atoms with van der Waals surface area (Å²) < 4.78 is 4.77. The number of esters is 1. The van der Waals surface area contributed by atoms with Gasteiger partial charge in [-0.15, -0.1) is 0 Å². The van der Waals surface area contributed by atoms with Gasteiger partial charge in [-0.05, 0) is 26.2 Å². The number of carbonyl (C=O) groups is 2. The third-order valence-electron chi connectivity index (χ3n) is 2.06. The van der Waals surface area contributed by atoms with Gasteiger partial charge in [0.1, 0.15) is 6.04 Å². The number of rotatable bonds is 6. The smallest absolute Gasteiger partial charge is 0.328 e. The van der Waals surface area contributed by atoms with Crippen molar-refractivity contribution in [3.05, 3.63) is 0 Å². The van der Waals surface area contributed by atoms with Crippen LogP contribution in [-0.4, -0.2) is 30.6 Å². The molecule has 3 N–H and O–H groups in total. The van der Waals surface area contributed by atoms with E-state index in [9.17, 15) is 9.59 Å². The molecule has 0 bridgehead atoms. The topological polar surface area (TPSA) is 81.4 Å². The maximum absolute atomic E-state index is 11.6. The first-order valence-corrected chi connectivity index (χ1v) is 5.61. The van der Waals surface area contributed by atoms with Crippen LogP contribution in [0.15, 0.2) is 0 Å². The number of nitrogens with two attached hydrogens (primary N) is 1. The third kappa shape index (κ3) is 5.70. The molecule has 0 aromatic carbocycles. The fourth-order valence-electron chi connectivity index (χ4n) is 1.26. The van der Waals surface area contributed by atoms with Crippen LogP contribution in [0.25, 0.3) is 0 Å². The van der Waals surface area contributed by atoms with Crippen LogP contribution in [0, 0.1) is 5.92 Å². The molecule has 0 aliphatic carbocycles. The summed E-state index contributed by atoms with van der Waals surface area (Å²) in [5, 5.41) is 2.53. The Morgan fingerprint density at radius 3 is 2.31 bits per heavy atom. The largest absolute Gasteiger partial charge is 0.464 e. The molecule has 16 heavy (non-hydrogen) atoms. The maximum Gasteiger partial charge on any atom is 0.328 e. The van der Waals surface area contributed by atoms with Crippen LogP contribution in [0.2, 0.25) is 0 Å². The van der Waals surface area contributed by atoms with Gasteiger partial charge >= 0.3 is 5.97 Å². The average molecular weight is 230 g/mol. The number of amides is 1. The highest BCUT2D eigenvalue weighted by Crippen LogP contribution is 2.03. The fourth-order valence-corrected chi connectivity index (χ4v) is 1.26. The first-order chi connectivity index (χ1) is 7.38. The molecule has 0 radical (unpaired) electrons. The highest BCUT2D eigenvalue weighted by Gasteiger charge is 2.21. The van der Waals surface area contributed by atoms with Crippen molar-refractivity contribution >= 4 is 11.9 Å². The maximum atomic E-state index is 11.6. The Labute approximate surface area is 96.7 Å². The number of carbonyl (C=O) groups excluding carboxylic acids is 2. The van der Waals surface area contributed by atoms with Gasteiger partial charge in [-0.25, -0.2) is 4.79 Å². The molecule has 0 aromatic heterocycles. The summed E-state index contributed by atoms with van der Waals surface area (Å²) in [4.78, 5) is 22.8. The van der Waals surface area contributed by atoms with E-state index in [2.05, 4.69) is 5.32 Å². The minimum Gasteiger partial charge on any atom is -0.464 e. The van der Waals surface area contributed by atoms with Crippen LogP contribution in [0.4, 0.5) is 0 Å². The van der Waals surface area contributed by atoms with Crippen molar-refractivity contribution in [3.8, 4) is 0 Å². The second-order valence-electron chi connectivity index (χ2n) is 4.22. The zero-order valence-corrected chi connectivity index (χ0v) is 10.4. The zero-order chi connectivity index (χ0) is 12.7. The number of ether oxygens (including phenoxy) is 1. The van der Waals surface area contributed by atoms with E-state index >= 15 is 0 Å². The monoisotopic (exact) mass is 230 g/mol. The summed E-state index contributed by atoms with van der Waals surface area (Å²) in [6.45, 7) is 7.58. The predicted molar refractivity (Wildman–Crippen MR) is 61.7 cm³/mol. The number of hydrogen-bond acceptors (Lipinski definition) is 4. The Morgan fingerprint density at radius 2 is 1.88 bits per heavy atom. The number of hydrogen-bond donors (Lipinski definition) is 2. The quantitative estimate of drug-likeness (QED) is 0.648. The Kier molecular flexibility index (Phi) is 6.72. The molecule has 0 fully saturated rings. The summed E-state index contributed by atoms with van der Waals surface area (Å²) in [7, 11) is 0. The summed E-state index contributed by atoms with van der Waals surface area (Å²) in [5.41, 5.74) is 5.68. The molecular weight excluding hydrogens is 208 g/mol. The molecule has 0 heterocycles. The normalized spacial score (nSPS) is 14.4. The van der Waals surface area contributed by atoms with Crippen molar-refractivity contribution in [3.63, 3.8) is 0 Å². The minimum atomic E-state index is -0.648. The Balaban J connectivity index is 4.08. The van der Waals surface area contributed by atoms with Gasteiger partial charge in [-0.3, -0.25) is 4.79 Å². The van der Waals surface area contributed by atoms with E-state index in [0.717, 1.165) is 0 Å². The standard InChI is InChI=1S/C11H22N2O3/c1-5-16-11(15)8(4)13-10(14)9(12)6-7(2)3/h7-9H,5-6,12H2,1-4H3,(H,13,14)/t8-,9-/m0/s1. The molecule has 1 amide bonds. The molecule has 0 aromatic rings. The molecule has 0 aliphatic rings. The number of nitrogens with one attached hydrogen (secondary N) is 1. The van der Waals surface area contributed by atoms with Crippen molar-refractivity contribution in [1.82, 2.24) is 5.32 Å². The van der Waals surface area contributed by atoms with Gasteiger partial charge < -0.3 is 15.8 Å². The third-order valence-corrected chi connectivity index (χ3v) is 2.06. The highest BCUT2D eigenvalue weighted by molar-refractivity contribution is 5.87. The lowest BCUT2D eigenvalue weighted by Gasteiger charge is -2.17. The lowest BCUT2D eigenvalue weighted by molar-refractivity contribution is -0.147. The van der Waals surface area contributed by atoms with Crippen LogP contribution in [-0.2, 0) is 14.3 Å². The van der Waals surface area contributed by atoms with E-state index in [1.54, 1.807) is 13.8 Å². The second-order valence-corrected chi connectivity index (χ2v) is 4.22. The van der Waals surface area contributed by atoms with Gasteiger partial charge in [-0.1, -0.05) is 13.8 Å². The van der Waals surface area contributed by atoms with E-state index in [1.807, 2.05) is 13.8 Å². The molecule has 2 atom stereocenters. The Bertz CT molecular complexity index is 241. The first kappa shape index (κ1) is 14.9. The van der Waals surface area contributed by atoms with Crippen molar-refractivity contribution in [2.45, 2.75) is 46.2 Å². The van der Waals surface area contributed by atoms with Gasteiger partial charge in [0, 0.05) is 0 Å². The molecule has 0 aliphatic heterocycles. The van der Waals surface area contributed by atoms with Crippen molar-refractivity contribution in [2.75, 3.05) is 6.61 Å². The van der Waals surface area contributed by atoms with E-state index in [0.29, 0.717) is 18.9 Å². The Hall–Kier alpha value is -1.10.